The van der Waals surface area contributed by atoms with Gasteiger partial charge in [-0.1, -0.05) is 19.1 Å². The lowest BCUT2D eigenvalue weighted by atomic mass is 9.99. The fourth-order valence-electron chi connectivity index (χ4n) is 3.56. The average molecular weight is 332 g/mol. The van der Waals surface area contributed by atoms with Crippen LogP contribution < -0.4 is 0 Å². The zero-order chi connectivity index (χ0) is 17.4. The van der Waals surface area contributed by atoms with Crippen LogP contribution in [0.2, 0.25) is 0 Å². The van der Waals surface area contributed by atoms with Crippen LogP contribution in [0.4, 0.5) is 0 Å². The summed E-state index contributed by atoms with van der Waals surface area (Å²) in [6.07, 6.45) is 8.39. The minimum absolute atomic E-state index is 0.112. The Labute approximate surface area is 148 Å². The highest BCUT2D eigenvalue weighted by molar-refractivity contribution is 5.95. The highest BCUT2D eigenvalue weighted by atomic mass is 16.1. The maximum Gasteiger partial charge on any atom is 0.161 e. The van der Waals surface area contributed by atoms with Gasteiger partial charge in [0.05, 0.1) is 5.69 Å². The molecule has 0 aliphatic heterocycles. The normalized spacial score (nSPS) is 14.2. The van der Waals surface area contributed by atoms with Gasteiger partial charge in [0.2, 0.25) is 0 Å². The summed E-state index contributed by atoms with van der Waals surface area (Å²) in [6.45, 7) is 4.87. The maximum atomic E-state index is 12.1. The first-order valence-corrected chi connectivity index (χ1v) is 9.23. The number of aromatic nitrogens is 2. The number of carbonyl (C=O) groups is 1. The van der Waals surface area contributed by atoms with Crippen molar-refractivity contribution in [3.05, 3.63) is 65.1 Å². The Balaban J connectivity index is 1.68. The van der Waals surface area contributed by atoms with Gasteiger partial charge in [-0.15, -0.1) is 0 Å². The van der Waals surface area contributed by atoms with E-state index in [4.69, 9.17) is 0 Å². The molecule has 0 radical (unpaired) electrons. The first-order valence-electron chi connectivity index (χ1n) is 9.23. The van der Waals surface area contributed by atoms with Gasteiger partial charge in [-0.2, -0.15) is 0 Å². The number of hydrogen-bond donors (Lipinski definition) is 0. The van der Waals surface area contributed by atoms with E-state index in [1.165, 1.54) is 34.9 Å². The van der Waals surface area contributed by atoms with Gasteiger partial charge in [0, 0.05) is 36.4 Å². The molecule has 4 rings (SSSR count). The Morgan fingerprint density at radius 3 is 2.80 bits per heavy atom. The summed E-state index contributed by atoms with van der Waals surface area (Å²) in [6, 6.07) is 10.8. The monoisotopic (exact) mass is 332 g/mol. The molecule has 1 aliphatic rings. The zero-order valence-corrected chi connectivity index (χ0v) is 15.0. The Morgan fingerprint density at radius 1 is 1.24 bits per heavy atom. The second-order valence-corrected chi connectivity index (χ2v) is 7.17. The lowest BCUT2D eigenvalue weighted by molar-refractivity contribution is 0.101. The molecular weight excluding hydrogens is 308 g/mol. The number of fused-ring (bicyclic) bond motifs is 1. The number of ketones is 1. The number of hydrogen-bond acceptors (Lipinski definition) is 2. The molecule has 1 aliphatic carbocycles. The van der Waals surface area contributed by atoms with E-state index in [0.29, 0.717) is 12.3 Å². The van der Waals surface area contributed by atoms with Crippen LogP contribution in [0.5, 0.6) is 0 Å². The molecule has 3 aromatic rings. The van der Waals surface area contributed by atoms with E-state index in [-0.39, 0.29) is 5.78 Å². The van der Waals surface area contributed by atoms with Crippen molar-refractivity contribution in [1.29, 1.82) is 0 Å². The molecule has 0 amide bonds. The van der Waals surface area contributed by atoms with Crippen LogP contribution in [0.25, 0.3) is 10.9 Å². The van der Waals surface area contributed by atoms with Crippen molar-refractivity contribution in [1.82, 2.24) is 9.55 Å². The fourth-order valence-corrected chi connectivity index (χ4v) is 3.56. The van der Waals surface area contributed by atoms with Gasteiger partial charge in [0.1, 0.15) is 0 Å². The second kappa shape index (κ2) is 6.47. The van der Waals surface area contributed by atoms with Crippen molar-refractivity contribution in [2.45, 2.75) is 52.0 Å². The minimum atomic E-state index is 0.112. The van der Waals surface area contributed by atoms with Crippen molar-refractivity contribution in [2.24, 2.45) is 0 Å². The highest BCUT2D eigenvalue weighted by Gasteiger charge is 2.25. The highest BCUT2D eigenvalue weighted by Crippen LogP contribution is 2.40. The summed E-state index contributed by atoms with van der Waals surface area (Å²) in [5.74, 6) is 0.730. The molecular formula is C22H24N2O. The van der Waals surface area contributed by atoms with E-state index in [2.05, 4.69) is 53.0 Å². The molecule has 0 N–H and O–H groups in total. The Morgan fingerprint density at radius 2 is 2.08 bits per heavy atom. The van der Waals surface area contributed by atoms with E-state index in [1.807, 2.05) is 6.20 Å². The van der Waals surface area contributed by atoms with E-state index in [1.54, 1.807) is 6.92 Å². The summed E-state index contributed by atoms with van der Waals surface area (Å²) in [5, 5.41) is 1.26. The molecule has 2 aromatic heterocycles. The summed E-state index contributed by atoms with van der Waals surface area (Å²) < 4.78 is 2.30. The Bertz CT molecular complexity index is 934. The number of nitrogens with zero attached hydrogens (tertiary/aromatic N) is 2. The van der Waals surface area contributed by atoms with E-state index in [0.717, 1.165) is 24.2 Å². The molecule has 1 aromatic carbocycles. The summed E-state index contributed by atoms with van der Waals surface area (Å²) >= 11 is 0. The van der Waals surface area contributed by atoms with Crippen LogP contribution in [-0.2, 0) is 13.0 Å². The predicted molar refractivity (Wildman–Crippen MR) is 101 cm³/mol. The molecule has 0 unspecified atom stereocenters. The molecule has 3 heteroatoms. The number of aryl methyl sites for hydroxylation is 1. The fraction of sp³-hybridized carbons (Fsp3) is 0.364. The third-order valence-electron chi connectivity index (χ3n) is 5.09. The standard InChI is InChI=1S/C22H24N2O/c1-3-9-24-10-8-18-5-4-16(12-22(18)24)11-21-20(15(2)25)13-19(14-23-21)17-6-7-17/h4-5,8,10,12-14,17H,3,6-7,9,11H2,1-2H3. The molecule has 1 fully saturated rings. The first-order chi connectivity index (χ1) is 12.2. The molecule has 0 atom stereocenters. The Hall–Kier alpha value is -2.42. The van der Waals surface area contributed by atoms with Crippen molar-refractivity contribution in [3.63, 3.8) is 0 Å². The van der Waals surface area contributed by atoms with Crippen molar-refractivity contribution in [2.75, 3.05) is 0 Å². The number of carbonyl (C=O) groups excluding carboxylic acids is 1. The van der Waals surface area contributed by atoms with Crippen molar-refractivity contribution < 1.29 is 4.79 Å². The van der Waals surface area contributed by atoms with Crippen LogP contribution in [0.1, 0.15) is 66.2 Å². The van der Waals surface area contributed by atoms with Crippen LogP contribution in [-0.4, -0.2) is 15.3 Å². The van der Waals surface area contributed by atoms with Gasteiger partial charge in [0.15, 0.2) is 5.78 Å². The third kappa shape index (κ3) is 3.23. The molecule has 0 spiro atoms. The van der Waals surface area contributed by atoms with Gasteiger partial charge >= 0.3 is 0 Å². The van der Waals surface area contributed by atoms with Crippen molar-refractivity contribution >= 4 is 16.7 Å². The first kappa shape index (κ1) is 16.1. The smallest absolute Gasteiger partial charge is 0.161 e. The molecule has 0 saturated heterocycles. The van der Waals surface area contributed by atoms with E-state index >= 15 is 0 Å². The minimum Gasteiger partial charge on any atom is -0.347 e. The van der Waals surface area contributed by atoms with Gasteiger partial charge in [-0.3, -0.25) is 9.78 Å². The van der Waals surface area contributed by atoms with Gasteiger partial charge < -0.3 is 4.57 Å². The van der Waals surface area contributed by atoms with Gasteiger partial charge in [-0.25, -0.2) is 0 Å². The van der Waals surface area contributed by atoms with E-state index in [9.17, 15) is 4.79 Å². The number of rotatable bonds is 6. The molecule has 3 nitrogen and oxygen atoms in total. The van der Waals surface area contributed by atoms with Crippen LogP contribution in [0.3, 0.4) is 0 Å². The maximum absolute atomic E-state index is 12.1. The quantitative estimate of drug-likeness (QED) is 0.587. The lowest BCUT2D eigenvalue weighted by Crippen LogP contribution is -2.05. The summed E-state index contributed by atoms with van der Waals surface area (Å²) in [5.41, 5.74) is 5.37. The van der Waals surface area contributed by atoms with Crippen LogP contribution in [0.15, 0.2) is 42.7 Å². The zero-order valence-electron chi connectivity index (χ0n) is 15.0. The molecule has 1 saturated carbocycles. The predicted octanol–water partition coefficient (Wildman–Crippen LogP) is 5.12. The number of Topliss-reactive ketones (excluding diaryl/α,β-unsaturated/α-hetero) is 1. The van der Waals surface area contributed by atoms with Crippen molar-refractivity contribution in [3.8, 4) is 0 Å². The average Bonchev–Trinajstić information content (AvgIpc) is 3.38. The summed E-state index contributed by atoms with van der Waals surface area (Å²) in [4.78, 5) is 16.8. The largest absolute Gasteiger partial charge is 0.347 e. The molecule has 0 bridgehead atoms. The molecule has 128 valence electrons. The topological polar surface area (TPSA) is 34.9 Å². The van der Waals surface area contributed by atoms with Crippen LogP contribution >= 0.6 is 0 Å². The SMILES string of the molecule is CCCn1ccc2ccc(Cc3ncc(C4CC4)cc3C(C)=O)cc21. The van der Waals surface area contributed by atoms with E-state index < -0.39 is 0 Å². The molecule has 25 heavy (non-hydrogen) atoms. The Kier molecular flexibility index (Phi) is 4.16. The second-order valence-electron chi connectivity index (χ2n) is 7.17. The lowest BCUT2D eigenvalue weighted by Gasteiger charge is -2.10. The van der Waals surface area contributed by atoms with Gasteiger partial charge in [0.25, 0.3) is 0 Å². The van der Waals surface area contributed by atoms with Crippen LogP contribution in [0, 0.1) is 0 Å². The number of pyridine rings is 1. The third-order valence-corrected chi connectivity index (χ3v) is 5.09. The summed E-state index contributed by atoms with van der Waals surface area (Å²) in [7, 11) is 0. The molecule has 2 heterocycles. The van der Waals surface area contributed by atoms with Gasteiger partial charge in [-0.05, 0) is 66.8 Å². The number of benzene rings is 1.